The molecule has 0 aliphatic carbocycles. The van der Waals surface area contributed by atoms with Crippen LogP contribution in [0.25, 0.3) is 0 Å². The Morgan fingerprint density at radius 1 is 0.920 bits per heavy atom. The monoisotopic (exact) mass is 359 g/mol. The van der Waals surface area contributed by atoms with Gasteiger partial charge in [-0.15, -0.1) is 12.4 Å². The number of likely N-dealkylation sites (tertiary alicyclic amines) is 1. The molecule has 2 aromatic rings. The van der Waals surface area contributed by atoms with E-state index in [1.165, 1.54) is 24.8 Å². The molecule has 0 amide bonds. The minimum absolute atomic E-state index is 0. The highest BCUT2D eigenvalue weighted by Gasteiger charge is 2.38. The van der Waals surface area contributed by atoms with E-state index in [-0.39, 0.29) is 18.3 Å². The second-order valence-electron chi connectivity index (χ2n) is 6.97. The molecule has 1 saturated heterocycles. The zero-order chi connectivity index (χ0) is 16.8. The van der Waals surface area contributed by atoms with Crippen LogP contribution in [-0.2, 0) is 5.60 Å². The number of nitrogens with zero attached hydrogens (tertiary/aromatic N) is 1. The first-order valence-electron chi connectivity index (χ1n) is 9.29. The topological polar surface area (TPSA) is 23.5 Å². The summed E-state index contributed by atoms with van der Waals surface area (Å²) in [6.45, 7) is 5.32. The zero-order valence-electron chi connectivity index (χ0n) is 15.1. The molecular weight excluding hydrogens is 330 g/mol. The van der Waals surface area contributed by atoms with Gasteiger partial charge in [-0.25, -0.2) is 0 Å². The second-order valence-corrected chi connectivity index (χ2v) is 6.97. The van der Waals surface area contributed by atoms with Crippen LogP contribution in [0.2, 0.25) is 0 Å². The molecular formula is C22H30ClNO. The number of hydrogen-bond acceptors (Lipinski definition) is 2. The summed E-state index contributed by atoms with van der Waals surface area (Å²) in [6, 6.07) is 20.7. The van der Waals surface area contributed by atoms with Crippen LogP contribution in [0.5, 0.6) is 0 Å². The third-order valence-corrected chi connectivity index (χ3v) is 5.48. The van der Waals surface area contributed by atoms with Gasteiger partial charge in [0.1, 0.15) is 0 Å². The lowest BCUT2D eigenvalue weighted by Gasteiger charge is -2.40. The molecule has 1 N–H and O–H groups in total. The van der Waals surface area contributed by atoms with E-state index in [0.29, 0.717) is 6.42 Å². The van der Waals surface area contributed by atoms with Crippen LogP contribution in [0.3, 0.4) is 0 Å². The van der Waals surface area contributed by atoms with Crippen molar-refractivity contribution in [1.29, 1.82) is 0 Å². The lowest BCUT2D eigenvalue weighted by atomic mass is 9.75. The lowest BCUT2D eigenvalue weighted by molar-refractivity contribution is -0.0104. The van der Waals surface area contributed by atoms with Crippen molar-refractivity contribution in [1.82, 2.24) is 4.90 Å². The van der Waals surface area contributed by atoms with Crippen LogP contribution < -0.4 is 0 Å². The summed E-state index contributed by atoms with van der Waals surface area (Å²) in [6.07, 6.45) is 4.60. The fraction of sp³-hybridized carbons (Fsp3) is 0.455. The van der Waals surface area contributed by atoms with Gasteiger partial charge in [0.25, 0.3) is 0 Å². The van der Waals surface area contributed by atoms with Crippen molar-refractivity contribution >= 4 is 12.4 Å². The number of rotatable bonds is 6. The number of hydrogen-bond donors (Lipinski definition) is 1. The van der Waals surface area contributed by atoms with Crippen LogP contribution in [0.1, 0.15) is 49.7 Å². The van der Waals surface area contributed by atoms with Crippen molar-refractivity contribution in [2.75, 3.05) is 19.6 Å². The molecule has 0 bridgehead atoms. The van der Waals surface area contributed by atoms with Crippen LogP contribution in [-0.4, -0.2) is 29.6 Å². The Morgan fingerprint density at radius 3 is 2.04 bits per heavy atom. The highest BCUT2D eigenvalue weighted by atomic mass is 35.5. The summed E-state index contributed by atoms with van der Waals surface area (Å²) in [5, 5.41) is 11.7. The quantitative estimate of drug-likeness (QED) is 0.786. The summed E-state index contributed by atoms with van der Waals surface area (Å²) >= 11 is 0. The Bertz CT molecular complexity index is 612. The SMILES string of the molecule is CCC(O)(c1ccccc1)C(CN1CCCCC1)c1ccccc1.Cl. The van der Waals surface area contributed by atoms with E-state index in [0.717, 1.165) is 25.2 Å². The largest absolute Gasteiger partial charge is 0.384 e. The van der Waals surface area contributed by atoms with Crippen molar-refractivity contribution in [3.8, 4) is 0 Å². The van der Waals surface area contributed by atoms with Crippen molar-refractivity contribution in [2.45, 2.75) is 44.1 Å². The Hall–Kier alpha value is -1.35. The fourth-order valence-corrected chi connectivity index (χ4v) is 4.00. The van der Waals surface area contributed by atoms with Gasteiger partial charge in [0.15, 0.2) is 0 Å². The zero-order valence-corrected chi connectivity index (χ0v) is 15.9. The maximum absolute atomic E-state index is 11.7. The van der Waals surface area contributed by atoms with E-state index in [1.54, 1.807) is 0 Å². The molecule has 0 aromatic heterocycles. The maximum Gasteiger partial charge on any atom is 0.0974 e. The minimum Gasteiger partial charge on any atom is -0.384 e. The third-order valence-electron chi connectivity index (χ3n) is 5.48. The smallest absolute Gasteiger partial charge is 0.0974 e. The van der Waals surface area contributed by atoms with Gasteiger partial charge in [-0.3, -0.25) is 0 Å². The third kappa shape index (κ3) is 4.63. The lowest BCUT2D eigenvalue weighted by Crippen LogP contribution is -2.42. The maximum atomic E-state index is 11.7. The highest BCUT2D eigenvalue weighted by Crippen LogP contribution is 2.40. The molecule has 1 heterocycles. The van der Waals surface area contributed by atoms with Crippen molar-refractivity contribution in [3.63, 3.8) is 0 Å². The molecule has 25 heavy (non-hydrogen) atoms. The molecule has 2 aromatic carbocycles. The Morgan fingerprint density at radius 2 is 1.48 bits per heavy atom. The minimum atomic E-state index is -0.833. The molecule has 1 aliphatic rings. The molecule has 1 aliphatic heterocycles. The van der Waals surface area contributed by atoms with Gasteiger partial charge >= 0.3 is 0 Å². The van der Waals surface area contributed by atoms with E-state index in [2.05, 4.69) is 54.3 Å². The molecule has 1 fully saturated rings. The predicted molar refractivity (Wildman–Crippen MR) is 107 cm³/mol. The average molecular weight is 360 g/mol. The molecule has 2 nitrogen and oxygen atoms in total. The summed E-state index contributed by atoms with van der Waals surface area (Å²) < 4.78 is 0. The number of benzene rings is 2. The van der Waals surface area contributed by atoms with E-state index in [9.17, 15) is 5.11 Å². The molecule has 3 rings (SSSR count). The summed E-state index contributed by atoms with van der Waals surface area (Å²) in [4.78, 5) is 2.53. The van der Waals surface area contributed by atoms with Gasteiger partial charge in [0.2, 0.25) is 0 Å². The second kappa shape index (κ2) is 9.38. The Labute approximate surface area is 158 Å². The van der Waals surface area contributed by atoms with Crippen molar-refractivity contribution in [3.05, 3.63) is 71.8 Å². The van der Waals surface area contributed by atoms with Crippen LogP contribution in [0, 0.1) is 0 Å². The summed E-state index contributed by atoms with van der Waals surface area (Å²) in [5.41, 5.74) is 1.43. The molecule has 136 valence electrons. The Balaban J connectivity index is 0.00000225. The normalized spacial score (nSPS) is 18.8. The fourth-order valence-electron chi connectivity index (χ4n) is 4.00. The molecule has 3 heteroatoms. The number of piperidine rings is 1. The first kappa shape index (κ1) is 20.0. The molecule has 0 saturated carbocycles. The van der Waals surface area contributed by atoms with Gasteiger partial charge in [0, 0.05) is 12.5 Å². The van der Waals surface area contributed by atoms with Crippen LogP contribution in [0.15, 0.2) is 60.7 Å². The number of aliphatic hydroxyl groups is 1. The molecule has 2 unspecified atom stereocenters. The standard InChI is InChI=1S/C22H29NO.ClH/c1-2-22(24,20-14-8-4-9-15-20)21(19-12-6-3-7-13-19)18-23-16-10-5-11-17-23;/h3-4,6-9,12-15,21,24H,2,5,10-11,16-18H2,1H3;1H. The van der Waals surface area contributed by atoms with Gasteiger partial charge in [0.05, 0.1) is 5.60 Å². The summed E-state index contributed by atoms with van der Waals surface area (Å²) in [5.74, 6) is 0.0872. The van der Waals surface area contributed by atoms with Gasteiger partial charge < -0.3 is 10.0 Å². The van der Waals surface area contributed by atoms with E-state index < -0.39 is 5.60 Å². The van der Waals surface area contributed by atoms with Crippen molar-refractivity contribution in [2.24, 2.45) is 0 Å². The van der Waals surface area contributed by atoms with Gasteiger partial charge in [-0.2, -0.15) is 0 Å². The van der Waals surface area contributed by atoms with Gasteiger partial charge in [-0.05, 0) is 43.5 Å². The molecule has 0 radical (unpaired) electrons. The van der Waals surface area contributed by atoms with Gasteiger partial charge in [-0.1, -0.05) is 74.0 Å². The highest BCUT2D eigenvalue weighted by molar-refractivity contribution is 5.85. The number of halogens is 1. The van der Waals surface area contributed by atoms with E-state index in [1.807, 2.05) is 18.2 Å². The first-order valence-corrected chi connectivity index (χ1v) is 9.29. The average Bonchev–Trinajstić information content (AvgIpc) is 2.68. The van der Waals surface area contributed by atoms with E-state index in [4.69, 9.17) is 0 Å². The molecule has 0 spiro atoms. The summed E-state index contributed by atoms with van der Waals surface area (Å²) in [7, 11) is 0. The predicted octanol–water partition coefficient (Wildman–Crippen LogP) is 4.98. The van der Waals surface area contributed by atoms with Crippen LogP contribution in [0.4, 0.5) is 0 Å². The molecule has 2 atom stereocenters. The van der Waals surface area contributed by atoms with E-state index >= 15 is 0 Å². The van der Waals surface area contributed by atoms with Crippen LogP contribution >= 0.6 is 12.4 Å². The Kier molecular flexibility index (Phi) is 7.49. The first-order chi connectivity index (χ1) is 11.7. The van der Waals surface area contributed by atoms with Crippen molar-refractivity contribution < 1.29 is 5.11 Å².